The third kappa shape index (κ3) is 2.86. The maximum absolute atomic E-state index is 12.5. The van der Waals surface area contributed by atoms with Gasteiger partial charge < -0.3 is 9.64 Å². The van der Waals surface area contributed by atoms with E-state index in [1.54, 1.807) is 23.7 Å². The van der Waals surface area contributed by atoms with Crippen LogP contribution < -0.4 is 0 Å². The van der Waals surface area contributed by atoms with Gasteiger partial charge in [0.25, 0.3) is 5.91 Å². The van der Waals surface area contributed by atoms with Crippen molar-refractivity contribution in [2.75, 3.05) is 13.1 Å². The third-order valence-corrected chi connectivity index (χ3v) is 5.59. The van der Waals surface area contributed by atoms with Crippen LogP contribution in [-0.2, 0) is 4.74 Å². The van der Waals surface area contributed by atoms with Gasteiger partial charge in [-0.05, 0) is 25.7 Å². The number of amides is 1. The number of likely N-dealkylation sites (tertiary alicyclic amines) is 1. The molecule has 2 aliphatic rings. The molecule has 6 nitrogen and oxygen atoms in total. The molecule has 23 heavy (non-hydrogen) atoms. The molecule has 0 unspecified atom stereocenters. The molecule has 2 fully saturated rings. The molecule has 4 rings (SSSR count). The van der Waals surface area contributed by atoms with Crippen molar-refractivity contribution in [3.05, 3.63) is 40.4 Å². The normalized spacial score (nSPS) is 27.0. The number of carbonyl (C=O) groups is 1. The monoisotopic (exact) mass is 330 g/mol. The number of ether oxygens (including phenoxy) is 1. The van der Waals surface area contributed by atoms with E-state index in [0.29, 0.717) is 18.2 Å². The first-order chi connectivity index (χ1) is 11.2. The fourth-order valence-electron chi connectivity index (χ4n) is 3.37. The lowest BCUT2D eigenvalue weighted by atomic mass is 9.91. The highest BCUT2D eigenvalue weighted by molar-refractivity contribution is 7.09. The molecule has 2 aromatic rings. The predicted molar refractivity (Wildman–Crippen MR) is 85.1 cm³/mol. The molecule has 0 spiro atoms. The van der Waals surface area contributed by atoms with Gasteiger partial charge in [-0.25, -0.2) is 9.97 Å². The van der Waals surface area contributed by atoms with Crippen LogP contribution in [0, 0.1) is 12.8 Å². The van der Waals surface area contributed by atoms with Crippen LogP contribution in [0.2, 0.25) is 0 Å². The van der Waals surface area contributed by atoms with E-state index in [1.165, 1.54) is 6.20 Å². The van der Waals surface area contributed by atoms with E-state index in [-0.39, 0.29) is 18.1 Å². The molecular weight excluding hydrogens is 312 g/mol. The molecular formula is C16H18N4O2S. The zero-order chi connectivity index (χ0) is 15.8. The quantitative estimate of drug-likeness (QED) is 0.845. The van der Waals surface area contributed by atoms with E-state index < -0.39 is 0 Å². The fourth-order valence-corrected chi connectivity index (χ4v) is 4.21. The molecule has 0 aliphatic carbocycles. The second-order valence-electron chi connectivity index (χ2n) is 6.12. The molecule has 120 valence electrons. The summed E-state index contributed by atoms with van der Waals surface area (Å²) in [4.78, 5) is 27.0. The van der Waals surface area contributed by atoms with Crippen LogP contribution in [0.5, 0.6) is 0 Å². The van der Waals surface area contributed by atoms with E-state index >= 15 is 0 Å². The molecule has 0 bridgehead atoms. The molecule has 2 saturated heterocycles. The summed E-state index contributed by atoms with van der Waals surface area (Å²) in [6, 6.07) is 0. The number of thiazole rings is 1. The Morgan fingerprint density at radius 1 is 1.43 bits per heavy atom. The van der Waals surface area contributed by atoms with Crippen LogP contribution in [0.4, 0.5) is 0 Å². The van der Waals surface area contributed by atoms with Gasteiger partial charge in [-0.3, -0.25) is 9.78 Å². The Hall–Kier alpha value is -1.86. The first kappa shape index (κ1) is 14.7. The van der Waals surface area contributed by atoms with Crippen LogP contribution >= 0.6 is 11.3 Å². The number of nitrogens with zero attached hydrogens (tertiary/aromatic N) is 4. The topological polar surface area (TPSA) is 68.2 Å². The average Bonchev–Trinajstić information content (AvgIpc) is 3.20. The standard InChI is InChI=1S/C16H18N4O2S/c1-10-9-23-15(19-10)13-6-11-2-5-20(8-14(11)22-13)16(21)12-7-17-3-4-18-12/h3-4,7,9,11,13-14H,2,5-6,8H2,1H3/t11-,13+,14+/m1/s1. The number of fused-ring (bicyclic) bond motifs is 1. The van der Waals surface area contributed by atoms with Crippen molar-refractivity contribution in [2.24, 2.45) is 5.92 Å². The van der Waals surface area contributed by atoms with Gasteiger partial charge in [0.05, 0.1) is 12.3 Å². The molecule has 2 aliphatic heterocycles. The maximum atomic E-state index is 12.5. The van der Waals surface area contributed by atoms with Gasteiger partial charge in [0.15, 0.2) is 0 Å². The fraction of sp³-hybridized carbons (Fsp3) is 0.500. The molecule has 0 saturated carbocycles. The van der Waals surface area contributed by atoms with E-state index in [2.05, 4.69) is 20.3 Å². The summed E-state index contributed by atoms with van der Waals surface area (Å²) in [5.41, 5.74) is 1.44. The van der Waals surface area contributed by atoms with Crippen LogP contribution in [-0.4, -0.2) is 45.0 Å². The molecule has 2 aromatic heterocycles. The molecule has 0 radical (unpaired) electrons. The maximum Gasteiger partial charge on any atom is 0.274 e. The SMILES string of the molecule is Cc1csc([C@@H]2C[C@H]3CCN(C(=O)c4cnccn4)C[C@@H]3O2)n1. The van der Waals surface area contributed by atoms with Crippen LogP contribution in [0.25, 0.3) is 0 Å². The number of aromatic nitrogens is 3. The van der Waals surface area contributed by atoms with Crippen LogP contribution in [0.1, 0.15) is 40.1 Å². The first-order valence-corrected chi connectivity index (χ1v) is 8.71. The number of hydrogen-bond acceptors (Lipinski definition) is 6. The van der Waals surface area contributed by atoms with Crippen molar-refractivity contribution in [1.29, 1.82) is 0 Å². The molecule has 0 N–H and O–H groups in total. The third-order valence-electron chi connectivity index (χ3n) is 4.53. The molecule has 1 amide bonds. The minimum Gasteiger partial charge on any atom is -0.366 e. The van der Waals surface area contributed by atoms with E-state index in [1.807, 2.05) is 11.8 Å². The van der Waals surface area contributed by atoms with Gasteiger partial charge in [0, 0.05) is 36.6 Å². The second-order valence-corrected chi connectivity index (χ2v) is 7.01. The predicted octanol–water partition coefficient (Wildman–Crippen LogP) is 2.23. The zero-order valence-electron chi connectivity index (χ0n) is 12.9. The lowest BCUT2D eigenvalue weighted by Gasteiger charge is -2.33. The van der Waals surface area contributed by atoms with E-state index in [0.717, 1.165) is 30.1 Å². The van der Waals surface area contributed by atoms with Gasteiger partial charge in [-0.1, -0.05) is 0 Å². The van der Waals surface area contributed by atoms with Crippen LogP contribution in [0.15, 0.2) is 24.0 Å². The molecule has 0 aromatic carbocycles. The Kier molecular flexibility index (Phi) is 3.82. The summed E-state index contributed by atoms with van der Waals surface area (Å²) in [6.45, 7) is 3.38. The molecule has 4 heterocycles. The van der Waals surface area contributed by atoms with Gasteiger partial charge in [0.1, 0.15) is 16.8 Å². The Morgan fingerprint density at radius 3 is 3.09 bits per heavy atom. The Bertz CT molecular complexity index is 705. The highest BCUT2D eigenvalue weighted by Gasteiger charge is 2.41. The Balaban J connectivity index is 1.44. The van der Waals surface area contributed by atoms with Gasteiger partial charge >= 0.3 is 0 Å². The number of hydrogen-bond donors (Lipinski definition) is 0. The molecule has 3 atom stereocenters. The van der Waals surface area contributed by atoms with Crippen molar-refractivity contribution in [3.63, 3.8) is 0 Å². The minimum atomic E-state index is -0.0614. The highest BCUT2D eigenvalue weighted by atomic mass is 32.1. The van der Waals surface area contributed by atoms with Crippen molar-refractivity contribution >= 4 is 17.2 Å². The van der Waals surface area contributed by atoms with Gasteiger partial charge in [-0.2, -0.15) is 0 Å². The lowest BCUT2D eigenvalue weighted by molar-refractivity contribution is -0.00468. The van der Waals surface area contributed by atoms with E-state index in [9.17, 15) is 4.79 Å². The number of rotatable bonds is 2. The Morgan fingerprint density at radius 2 is 2.35 bits per heavy atom. The first-order valence-electron chi connectivity index (χ1n) is 7.83. The zero-order valence-corrected chi connectivity index (χ0v) is 13.7. The summed E-state index contributed by atoms with van der Waals surface area (Å²) in [5.74, 6) is 0.448. The van der Waals surface area contributed by atoms with Gasteiger partial charge in [-0.15, -0.1) is 11.3 Å². The van der Waals surface area contributed by atoms with Crippen molar-refractivity contribution in [3.8, 4) is 0 Å². The van der Waals surface area contributed by atoms with Crippen molar-refractivity contribution in [1.82, 2.24) is 19.9 Å². The number of aryl methyl sites for hydroxylation is 1. The van der Waals surface area contributed by atoms with Crippen LogP contribution in [0.3, 0.4) is 0 Å². The van der Waals surface area contributed by atoms with Crippen molar-refractivity contribution < 1.29 is 9.53 Å². The summed E-state index contributed by atoms with van der Waals surface area (Å²) < 4.78 is 6.20. The second kappa shape index (κ2) is 5.98. The summed E-state index contributed by atoms with van der Waals surface area (Å²) >= 11 is 1.66. The number of piperidine rings is 1. The minimum absolute atomic E-state index is 0.0614. The van der Waals surface area contributed by atoms with Gasteiger partial charge in [0.2, 0.25) is 0 Å². The Labute approximate surface area is 138 Å². The molecule has 7 heteroatoms. The van der Waals surface area contributed by atoms with E-state index in [4.69, 9.17) is 4.74 Å². The average molecular weight is 330 g/mol. The number of carbonyl (C=O) groups excluding carboxylic acids is 1. The lowest BCUT2D eigenvalue weighted by Crippen LogP contribution is -2.45. The summed E-state index contributed by atoms with van der Waals surface area (Å²) in [7, 11) is 0. The largest absolute Gasteiger partial charge is 0.366 e. The summed E-state index contributed by atoms with van der Waals surface area (Å²) in [5, 5.41) is 3.12. The van der Waals surface area contributed by atoms with Crippen molar-refractivity contribution in [2.45, 2.75) is 32.0 Å². The highest BCUT2D eigenvalue weighted by Crippen LogP contribution is 2.41. The smallest absolute Gasteiger partial charge is 0.274 e. The summed E-state index contributed by atoms with van der Waals surface area (Å²) in [6.07, 6.45) is 6.79.